The van der Waals surface area contributed by atoms with Crippen molar-refractivity contribution in [1.82, 2.24) is 0 Å². The van der Waals surface area contributed by atoms with Gasteiger partial charge in [-0.1, -0.05) is 62.8 Å². The summed E-state index contributed by atoms with van der Waals surface area (Å²) in [6.07, 6.45) is 27.2. The number of aliphatic carboxylic acids is 2. The first-order valence-corrected chi connectivity index (χ1v) is 14.5. The molecule has 0 radical (unpaired) electrons. The average molecular weight is 685 g/mol. The first-order valence-electron chi connectivity index (χ1n) is 14.5. The summed E-state index contributed by atoms with van der Waals surface area (Å²) in [5.41, 5.74) is 14.5. The van der Waals surface area contributed by atoms with E-state index in [1.807, 2.05) is 0 Å². The Morgan fingerprint density at radius 3 is 1.17 bits per heavy atom. The molecule has 6 aliphatic carbocycles. The predicted molar refractivity (Wildman–Crippen MR) is 155 cm³/mol. The molecule has 0 saturated heterocycles. The Balaban J connectivity index is 0. The van der Waals surface area contributed by atoms with Crippen molar-refractivity contribution in [3.63, 3.8) is 0 Å². The van der Waals surface area contributed by atoms with Gasteiger partial charge >= 0.3 is 11.9 Å². The average Bonchev–Trinajstić information content (AvgIpc) is 3.48. The molecule has 0 amide bonds. The summed E-state index contributed by atoms with van der Waals surface area (Å²) in [6.45, 7) is 9.20. The first-order chi connectivity index (χ1) is 18.2. The Kier molecular flexibility index (Phi) is 22.4. The molecular weight excluding hydrogens is 639 g/mol. The van der Waals surface area contributed by atoms with Crippen LogP contribution >= 0.6 is 0 Å². The van der Waals surface area contributed by atoms with Crippen LogP contribution < -0.4 is 24.8 Å². The van der Waals surface area contributed by atoms with Gasteiger partial charge in [-0.05, 0) is 65.2 Å². The summed E-state index contributed by atoms with van der Waals surface area (Å²) in [7, 11) is 0. The fourth-order valence-electron chi connectivity index (χ4n) is 6.24. The molecule has 232 valence electrons. The molecule has 6 aliphatic rings. The van der Waals surface area contributed by atoms with Crippen molar-refractivity contribution in [2.75, 3.05) is 0 Å². The van der Waals surface area contributed by atoms with E-state index < -0.39 is 11.9 Å². The van der Waals surface area contributed by atoms with Gasteiger partial charge in [0.1, 0.15) is 0 Å². The summed E-state index contributed by atoms with van der Waals surface area (Å²) in [5, 5.41) is 15.8. The minimum atomic E-state index is -0.935. The third kappa shape index (κ3) is 12.6. The summed E-state index contributed by atoms with van der Waals surface area (Å²) < 4.78 is 0. The van der Waals surface area contributed by atoms with Crippen LogP contribution in [0.2, 0.25) is 0 Å². The van der Waals surface area contributed by atoms with E-state index in [4.69, 9.17) is 10.2 Å². The topological polar surface area (TPSA) is 74.6 Å². The monoisotopic (exact) mass is 684 g/mol. The van der Waals surface area contributed by atoms with Gasteiger partial charge in [0.25, 0.3) is 0 Å². The molecular formula is C34H46Cl2O4Ti2-4. The molecule has 0 aromatic carbocycles. The molecule has 6 rings (SSSR count). The van der Waals surface area contributed by atoms with Crippen molar-refractivity contribution >= 4 is 11.9 Å². The fraction of sp³-hybridized carbons (Fsp3) is 0.529. The quantitative estimate of drug-likeness (QED) is 0.266. The van der Waals surface area contributed by atoms with E-state index in [1.54, 1.807) is 44.6 Å². The summed E-state index contributed by atoms with van der Waals surface area (Å²) >= 11 is 0. The Hall–Kier alpha value is -0.871. The molecule has 0 bridgehead atoms. The largest absolute Gasteiger partial charge is 1.00 e. The molecule has 0 aliphatic heterocycles. The van der Waals surface area contributed by atoms with Gasteiger partial charge in [-0.3, -0.25) is 0 Å². The number of carbonyl (C=O) groups is 2. The number of hydrogen-bond acceptors (Lipinski definition) is 2. The van der Waals surface area contributed by atoms with Crippen LogP contribution in [0.5, 0.6) is 0 Å². The second-order valence-corrected chi connectivity index (χ2v) is 11.3. The minimum absolute atomic E-state index is 0. The predicted octanol–water partition coefficient (Wildman–Crippen LogP) is 3.19. The number of fused-ring (bicyclic) bond motifs is 2. The van der Waals surface area contributed by atoms with Gasteiger partial charge in [0, 0.05) is 54.6 Å². The Labute approximate surface area is 296 Å². The van der Waals surface area contributed by atoms with Gasteiger partial charge in [-0.25, -0.2) is 33.6 Å². The summed E-state index contributed by atoms with van der Waals surface area (Å²) in [4.78, 5) is 19.2. The zero-order chi connectivity index (χ0) is 27.7. The van der Waals surface area contributed by atoms with E-state index in [0.717, 1.165) is 0 Å². The smallest absolute Gasteiger partial charge is 0.330 e. The maximum Gasteiger partial charge on any atom is 0.330 e. The summed E-state index contributed by atoms with van der Waals surface area (Å²) in [6, 6.07) is 0. The Morgan fingerprint density at radius 1 is 0.571 bits per heavy atom. The SMILES string of the molecule is C=C(C)C(=O)O.C=C(C)C(=O)O.[CH-]1CCCC2=C1CC1=C2CCCC1.[CH-]1CCCC2=C1CC1=C2CCCC1.[Cl-].[Cl-].[Ti].[Ti]. The van der Waals surface area contributed by atoms with Crippen molar-refractivity contribution in [1.29, 1.82) is 0 Å². The zero-order valence-corrected chi connectivity index (χ0v) is 30.0. The Bertz CT molecular complexity index is 929. The van der Waals surface area contributed by atoms with Crippen molar-refractivity contribution < 1.29 is 88.1 Å². The van der Waals surface area contributed by atoms with Crippen molar-refractivity contribution in [3.05, 3.63) is 81.7 Å². The second-order valence-electron chi connectivity index (χ2n) is 11.3. The molecule has 0 saturated carbocycles. The number of carboxylic acid groups (broad SMARTS) is 2. The molecule has 0 atom stereocenters. The van der Waals surface area contributed by atoms with Crippen LogP contribution in [0, 0.1) is 12.8 Å². The van der Waals surface area contributed by atoms with Crippen LogP contribution in [-0.2, 0) is 53.0 Å². The van der Waals surface area contributed by atoms with Gasteiger partial charge < -0.3 is 35.0 Å². The molecule has 0 aromatic heterocycles. The van der Waals surface area contributed by atoms with Gasteiger partial charge in [0.05, 0.1) is 0 Å². The minimum Gasteiger partial charge on any atom is -1.00 e. The van der Waals surface area contributed by atoms with Gasteiger partial charge in [-0.15, -0.1) is 24.0 Å². The fourth-order valence-corrected chi connectivity index (χ4v) is 6.24. The number of carboxylic acids is 2. The van der Waals surface area contributed by atoms with Crippen LogP contribution in [0.15, 0.2) is 68.9 Å². The normalized spacial score (nSPS) is 18.9. The van der Waals surface area contributed by atoms with E-state index in [2.05, 4.69) is 26.0 Å². The molecule has 0 heterocycles. The Morgan fingerprint density at radius 2 is 0.857 bits per heavy atom. The third-order valence-electron chi connectivity index (χ3n) is 8.25. The van der Waals surface area contributed by atoms with E-state index in [9.17, 15) is 9.59 Å². The van der Waals surface area contributed by atoms with E-state index in [-0.39, 0.29) is 79.4 Å². The van der Waals surface area contributed by atoms with Gasteiger partial charge in [-0.2, -0.15) is 11.1 Å². The number of halogens is 2. The summed E-state index contributed by atoms with van der Waals surface area (Å²) in [5.74, 6) is -1.87. The van der Waals surface area contributed by atoms with Crippen LogP contribution in [-0.4, -0.2) is 22.2 Å². The third-order valence-corrected chi connectivity index (χ3v) is 8.25. The maximum atomic E-state index is 9.60. The van der Waals surface area contributed by atoms with E-state index in [0.29, 0.717) is 0 Å². The molecule has 0 aromatic rings. The molecule has 8 heteroatoms. The molecule has 0 fully saturated rings. The van der Waals surface area contributed by atoms with Crippen LogP contribution in [0.4, 0.5) is 0 Å². The van der Waals surface area contributed by atoms with E-state index in [1.165, 1.54) is 117 Å². The molecule has 42 heavy (non-hydrogen) atoms. The van der Waals surface area contributed by atoms with Crippen molar-refractivity contribution in [2.24, 2.45) is 0 Å². The second kappa shape index (κ2) is 21.8. The zero-order valence-electron chi connectivity index (χ0n) is 25.3. The van der Waals surface area contributed by atoms with E-state index >= 15 is 0 Å². The number of rotatable bonds is 2. The molecule has 0 unspecified atom stereocenters. The molecule has 2 N–H and O–H groups in total. The first kappa shape index (κ1) is 43.3. The van der Waals surface area contributed by atoms with Crippen LogP contribution in [0.1, 0.15) is 117 Å². The van der Waals surface area contributed by atoms with Crippen molar-refractivity contribution in [2.45, 2.75) is 117 Å². The van der Waals surface area contributed by atoms with Gasteiger partial charge in [0.2, 0.25) is 0 Å². The molecule has 0 spiro atoms. The van der Waals surface area contributed by atoms with Crippen LogP contribution in [0.25, 0.3) is 0 Å². The maximum absolute atomic E-state index is 9.60. The number of hydrogen-bond donors (Lipinski definition) is 2. The van der Waals surface area contributed by atoms with Crippen LogP contribution in [0.3, 0.4) is 0 Å². The standard InChI is InChI=1S/2C13H17.2C4H6O2.2ClH.2Ti/c2*1-3-7-12-10(5-1)9-11-6-2-4-8-13(11)12;2*1-3(2)4(5)6;;;;/h2*5H,1-4,6-9H2;2*1H2,2H3,(H,5,6);2*1H;;/q2*-1;;;;;;/p-2. The number of allylic oxidation sites excluding steroid dienone is 8. The van der Waals surface area contributed by atoms with Gasteiger partial charge in [0.15, 0.2) is 0 Å². The van der Waals surface area contributed by atoms with Crippen molar-refractivity contribution in [3.8, 4) is 0 Å². The molecule has 4 nitrogen and oxygen atoms in total.